The second-order valence-electron chi connectivity index (χ2n) is 2.89. The van der Waals surface area contributed by atoms with Crippen LogP contribution in [0.25, 0.3) is 0 Å². The lowest BCUT2D eigenvalue weighted by Gasteiger charge is -2.18. The van der Waals surface area contributed by atoms with Crippen molar-refractivity contribution in [3.05, 3.63) is 0 Å². The van der Waals surface area contributed by atoms with E-state index in [1.165, 1.54) is 0 Å². The summed E-state index contributed by atoms with van der Waals surface area (Å²) in [5.74, 6) is -0.832. The van der Waals surface area contributed by atoms with Gasteiger partial charge in [0.2, 0.25) is 0 Å². The van der Waals surface area contributed by atoms with Crippen molar-refractivity contribution in [1.29, 1.82) is 0 Å². The number of oxime groups is 1. The van der Waals surface area contributed by atoms with Gasteiger partial charge in [0.15, 0.2) is 0 Å². The van der Waals surface area contributed by atoms with Crippen LogP contribution in [-0.2, 0) is 9.53 Å². The summed E-state index contributed by atoms with van der Waals surface area (Å²) in [6, 6.07) is 0. The second-order valence-corrected chi connectivity index (χ2v) is 3.25. The molecule has 0 rings (SSSR count). The van der Waals surface area contributed by atoms with Crippen LogP contribution in [0, 0.1) is 0 Å². The van der Waals surface area contributed by atoms with Gasteiger partial charge in [-0.25, -0.2) is 4.79 Å². The van der Waals surface area contributed by atoms with Crippen LogP contribution in [0.2, 0.25) is 0 Å². The second kappa shape index (κ2) is 3.57. The van der Waals surface area contributed by atoms with Crippen LogP contribution in [0.1, 0.15) is 20.8 Å². The molecule has 0 unspecified atom stereocenters. The van der Waals surface area contributed by atoms with Crippen molar-refractivity contribution in [1.82, 2.24) is 0 Å². The molecule has 0 fully saturated rings. The number of nitrogens with zero attached hydrogens (tertiary/aromatic N) is 1. The molecule has 0 heterocycles. The van der Waals surface area contributed by atoms with Crippen LogP contribution in [0.4, 0.5) is 0 Å². The number of rotatable bonds is 1. The molecule has 0 aromatic rings. The number of carbonyl (C=O) groups excluding carboxylic acids is 1. The molecule has 0 amide bonds. The Kier molecular flexibility index (Phi) is 3.32. The van der Waals surface area contributed by atoms with Crippen molar-refractivity contribution in [3.8, 4) is 0 Å². The van der Waals surface area contributed by atoms with Gasteiger partial charge in [-0.1, -0.05) is 16.8 Å². The molecule has 0 radical (unpaired) electrons. The maximum atomic E-state index is 10.7. The first-order valence-electron chi connectivity index (χ1n) is 2.97. The first kappa shape index (κ1) is 10.2. The molecule has 0 saturated carbocycles. The molecular weight excluding hydrogens is 170 g/mol. The van der Waals surface area contributed by atoms with E-state index in [0.29, 0.717) is 0 Å². The summed E-state index contributed by atoms with van der Waals surface area (Å²) < 4.78 is 4.73. The van der Waals surface area contributed by atoms with Gasteiger partial charge >= 0.3 is 5.97 Å². The van der Waals surface area contributed by atoms with Crippen LogP contribution >= 0.6 is 11.6 Å². The first-order valence-corrected chi connectivity index (χ1v) is 3.35. The number of carbonyl (C=O) groups is 1. The highest BCUT2D eigenvalue weighted by atomic mass is 35.5. The van der Waals surface area contributed by atoms with Gasteiger partial charge in [0.05, 0.1) is 0 Å². The number of hydrogen-bond acceptors (Lipinski definition) is 4. The zero-order valence-corrected chi connectivity index (χ0v) is 7.34. The molecule has 4 nitrogen and oxygen atoms in total. The Hall–Kier alpha value is -0.770. The number of ether oxygens (including phenoxy) is 1. The zero-order chi connectivity index (χ0) is 9.07. The number of halogens is 1. The maximum absolute atomic E-state index is 10.7. The van der Waals surface area contributed by atoms with E-state index in [0.717, 1.165) is 0 Å². The van der Waals surface area contributed by atoms with Crippen LogP contribution in [-0.4, -0.2) is 21.9 Å². The molecule has 0 saturated heterocycles. The highest BCUT2D eigenvalue weighted by Crippen LogP contribution is 2.08. The van der Waals surface area contributed by atoms with E-state index in [-0.39, 0.29) is 0 Å². The van der Waals surface area contributed by atoms with E-state index >= 15 is 0 Å². The average Bonchev–Trinajstić information content (AvgIpc) is 1.82. The fraction of sp³-hybridized carbons (Fsp3) is 0.667. The molecule has 64 valence electrons. The Morgan fingerprint density at radius 3 is 2.27 bits per heavy atom. The minimum Gasteiger partial charge on any atom is -0.454 e. The standard InChI is InChI=1S/C6H10ClNO3/c1-6(2,3)11-5(9)4(7)8-10/h10H,1-3H3. The molecular formula is C6H10ClNO3. The van der Waals surface area contributed by atoms with E-state index in [4.69, 9.17) is 21.5 Å². The van der Waals surface area contributed by atoms with E-state index in [2.05, 4.69) is 5.16 Å². The van der Waals surface area contributed by atoms with Gasteiger partial charge in [0.25, 0.3) is 5.17 Å². The fourth-order valence-electron chi connectivity index (χ4n) is 0.361. The summed E-state index contributed by atoms with van der Waals surface area (Å²) in [5.41, 5.74) is -0.623. The first-order chi connectivity index (χ1) is 4.87. The van der Waals surface area contributed by atoms with E-state index < -0.39 is 16.7 Å². The number of hydrogen-bond donors (Lipinski definition) is 1. The fourth-order valence-corrected chi connectivity index (χ4v) is 0.400. The smallest absolute Gasteiger partial charge is 0.372 e. The van der Waals surface area contributed by atoms with Crippen molar-refractivity contribution in [2.24, 2.45) is 5.16 Å². The van der Waals surface area contributed by atoms with Gasteiger partial charge in [0, 0.05) is 0 Å². The van der Waals surface area contributed by atoms with Crippen molar-refractivity contribution in [2.45, 2.75) is 26.4 Å². The Morgan fingerprint density at radius 2 is 2.00 bits per heavy atom. The molecule has 0 spiro atoms. The molecule has 0 aliphatic heterocycles. The van der Waals surface area contributed by atoms with Gasteiger partial charge in [0.1, 0.15) is 5.60 Å². The third kappa shape index (κ3) is 4.61. The summed E-state index contributed by atoms with van der Waals surface area (Å²) in [6.45, 7) is 5.06. The van der Waals surface area contributed by atoms with Gasteiger partial charge in [-0.3, -0.25) is 0 Å². The molecule has 0 aromatic heterocycles. The summed E-state index contributed by atoms with van der Waals surface area (Å²) in [4.78, 5) is 10.7. The topological polar surface area (TPSA) is 58.9 Å². The highest BCUT2D eigenvalue weighted by molar-refractivity contribution is 6.81. The minimum atomic E-state index is -0.832. The van der Waals surface area contributed by atoms with Crippen LogP contribution in [0.15, 0.2) is 5.16 Å². The third-order valence-electron chi connectivity index (χ3n) is 0.655. The van der Waals surface area contributed by atoms with Crippen molar-refractivity contribution < 1.29 is 14.7 Å². The molecule has 0 bridgehead atoms. The highest BCUT2D eigenvalue weighted by Gasteiger charge is 2.19. The van der Waals surface area contributed by atoms with Gasteiger partial charge in [-0.15, -0.1) is 0 Å². The van der Waals surface area contributed by atoms with Crippen molar-refractivity contribution >= 4 is 22.7 Å². The molecule has 11 heavy (non-hydrogen) atoms. The van der Waals surface area contributed by atoms with Crippen LogP contribution in [0.3, 0.4) is 0 Å². The normalized spacial score (nSPS) is 12.9. The Labute approximate surface area is 69.8 Å². The van der Waals surface area contributed by atoms with E-state index in [9.17, 15) is 4.79 Å². The summed E-state index contributed by atoms with van der Waals surface area (Å²) >= 11 is 5.15. The average molecular weight is 180 g/mol. The van der Waals surface area contributed by atoms with Gasteiger partial charge < -0.3 is 9.94 Å². The summed E-state index contributed by atoms with van der Waals surface area (Å²) in [5, 5.41) is 9.97. The lowest BCUT2D eigenvalue weighted by atomic mass is 10.2. The summed E-state index contributed by atoms with van der Waals surface area (Å²) in [7, 11) is 0. The molecule has 1 N–H and O–H groups in total. The number of esters is 1. The molecule has 0 atom stereocenters. The predicted molar refractivity (Wildman–Crippen MR) is 40.9 cm³/mol. The Morgan fingerprint density at radius 1 is 1.55 bits per heavy atom. The minimum absolute atomic E-state index is 0.570. The molecule has 0 aliphatic carbocycles. The SMILES string of the molecule is CC(C)(C)OC(=O)C(Cl)=NO. The lowest BCUT2D eigenvalue weighted by molar-refractivity contribution is -0.145. The van der Waals surface area contributed by atoms with Crippen LogP contribution < -0.4 is 0 Å². The summed E-state index contributed by atoms with van der Waals surface area (Å²) in [6.07, 6.45) is 0. The predicted octanol–water partition coefficient (Wildman–Crippen LogP) is 1.35. The Bertz CT molecular complexity index is 183. The molecule has 5 heteroatoms. The monoisotopic (exact) mass is 179 g/mol. The quantitative estimate of drug-likeness (QED) is 0.286. The molecule has 0 aromatic carbocycles. The molecule has 0 aliphatic rings. The largest absolute Gasteiger partial charge is 0.454 e. The third-order valence-corrected chi connectivity index (χ3v) is 0.885. The van der Waals surface area contributed by atoms with E-state index in [1.54, 1.807) is 20.8 Å². The maximum Gasteiger partial charge on any atom is 0.372 e. The zero-order valence-electron chi connectivity index (χ0n) is 6.59. The van der Waals surface area contributed by atoms with Gasteiger partial charge in [-0.05, 0) is 20.8 Å². The van der Waals surface area contributed by atoms with E-state index in [1.807, 2.05) is 0 Å². The Balaban J connectivity index is 4.10. The van der Waals surface area contributed by atoms with Crippen molar-refractivity contribution in [2.75, 3.05) is 0 Å². The van der Waals surface area contributed by atoms with Gasteiger partial charge in [-0.2, -0.15) is 0 Å². The van der Waals surface area contributed by atoms with Crippen LogP contribution in [0.5, 0.6) is 0 Å². The van der Waals surface area contributed by atoms with Crippen molar-refractivity contribution in [3.63, 3.8) is 0 Å². The lowest BCUT2D eigenvalue weighted by Crippen LogP contribution is -2.26.